The van der Waals surface area contributed by atoms with Crippen LogP contribution >= 0.6 is 11.8 Å². The molecule has 25 heavy (non-hydrogen) atoms. The topological polar surface area (TPSA) is 26.3 Å². The minimum absolute atomic E-state index is 0.190. The molecule has 0 aromatic heterocycles. The fraction of sp³-hybridized carbons (Fsp3) is 0.941. The van der Waals surface area contributed by atoms with E-state index in [1.165, 1.54) is 11.8 Å². The highest BCUT2D eigenvalue weighted by atomic mass is 32.2. The molecule has 1 unspecified atom stereocenters. The maximum atomic E-state index is 12.8. The van der Waals surface area contributed by atoms with Crippen molar-refractivity contribution in [3.8, 4) is 0 Å². The Labute approximate surface area is 151 Å². The number of unbranched alkanes of at least 4 members (excludes halogenated alkanes) is 4. The number of halogens is 5. The normalized spacial score (nSPS) is 14.0. The molecule has 0 aliphatic carbocycles. The summed E-state index contributed by atoms with van der Waals surface area (Å²) in [5, 5.41) is -0.300. The Morgan fingerprint density at radius 1 is 1.00 bits per heavy atom. The van der Waals surface area contributed by atoms with Crippen LogP contribution in [0.5, 0.6) is 0 Å². The van der Waals surface area contributed by atoms with Gasteiger partial charge in [-0.1, -0.05) is 32.6 Å². The van der Waals surface area contributed by atoms with Crippen LogP contribution < -0.4 is 0 Å². The molecule has 0 heterocycles. The van der Waals surface area contributed by atoms with Crippen molar-refractivity contribution in [2.24, 2.45) is 0 Å². The van der Waals surface area contributed by atoms with Crippen molar-refractivity contribution in [3.05, 3.63) is 0 Å². The fourth-order valence-electron chi connectivity index (χ4n) is 2.15. The summed E-state index contributed by atoms with van der Waals surface area (Å²) >= 11 is 1.40. The number of hydrogen-bond donors (Lipinski definition) is 0. The third kappa shape index (κ3) is 10.9. The average Bonchev–Trinajstić information content (AvgIpc) is 2.46. The number of carbonyl (C=O) groups is 1. The van der Waals surface area contributed by atoms with E-state index >= 15 is 0 Å². The molecule has 8 heteroatoms. The number of hydrogen-bond acceptors (Lipinski definition) is 3. The van der Waals surface area contributed by atoms with E-state index in [4.69, 9.17) is 4.74 Å². The fourth-order valence-corrected chi connectivity index (χ4v) is 3.33. The van der Waals surface area contributed by atoms with Crippen LogP contribution in [0.25, 0.3) is 0 Å². The monoisotopic (exact) mass is 392 g/mol. The molecule has 0 aromatic carbocycles. The molecular weight excluding hydrogens is 363 g/mol. The van der Waals surface area contributed by atoms with Gasteiger partial charge < -0.3 is 4.74 Å². The molecule has 0 saturated heterocycles. The highest BCUT2D eigenvalue weighted by Gasteiger charge is 2.56. The van der Waals surface area contributed by atoms with Crippen LogP contribution in [-0.4, -0.2) is 35.2 Å². The summed E-state index contributed by atoms with van der Waals surface area (Å²) in [6.07, 6.45) is -2.64. The SMILES string of the molecule is CCCCCC(SCCCCCC(F)(F)C(F)(F)F)C(=O)OC(C)C. The Morgan fingerprint density at radius 3 is 2.16 bits per heavy atom. The first-order valence-corrected chi connectivity index (χ1v) is 9.82. The van der Waals surface area contributed by atoms with Gasteiger partial charge in [0, 0.05) is 6.42 Å². The number of rotatable bonds is 13. The van der Waals surface area contributed by atoms with E-state index in [1.807, 2.05) is 0 Å². The number of ether oxygens (including phenoxy) is 1. The zero-order valence-electron chi connectivity index (χ0n) is 15.1. The van der Waals surface area contributed by atoms with Gasteiger partial charge in [-0.05, 0) is 38.9 Å². The van der Waals surface area contributed by atoms with E-state index in [1.54, 1.807) is 13.8 Å². The molecule has 0 aliphatic heterocycles. The molecule has 0 aliphatic rings. The first-order chi connectivity index (χ1) is 11.5. The van der Waals surface area contributed by atoms with Crippen LogP contribution in [0.1, 0.15) is 72.1 Å². The summed E-state index contributed by atoms with van der Waals surface area (Å²) < 4.78 is 66.9. The number of esters is 1. The van der Waals surface area contributed by atoms with Crippen LogP contribution in [0.15, 0.2) is 0 Å². The Bertz CT molecular complexity index is 373. The summed E-state index contributed by atoms with van der Waals surface area (Å²) in [6, 6.07) is 0. The van der Waals surface area contributed by atoms with Crippen LogP contribution in [0.4, 0.5) is 22.0 Å². The molecule has 150 valence electrons. The van der Waals surface area contributed by atoms with E-state index in [0.29, 0.717) is 18.6 Å². The van der Waals surface area contributed by atoms with Crippen LogP contribution in [-0.2, 0) is 9.53 Å². The third-order valence-corrected chi connectivity index (χ3v) is 4.91. The number of alkyl halides is 5. The first-order valence-electron chi connectivity index (χ1n) is 8.78. The second kappa shape index (κ2) is 12.0. The van der Waals surface area contributed by atoms with E-state index in [0.717, 1.165) is 19.3 Å². The van der Waals surface area contributed by atoms with Crippen molar-refractivity contribution in [3.63, 3.8) is 0 Å². The van der Waals surface area contributed by atoms with Gasteiger partial charge in [0.2, 0.25) is 0 Å². The second-order valence-electron chi connectivity index (χ2n) is 6.35. The van der Waals surface area contributed by atoms with Crippen molar-refractivity contribution in [2.45, 2.75) is 95.6 Å². The average molecular weight is 392 g/mol. The second-order valence-corrected chi connectivity index (χ2v) is 7.66. The lowest BCUT2D eigenvalue weighted by molar-refractivity contribution is -0.284. The number of carbonyl (C=O) groups excluding carboxylic acids is 1. The van der Waals surface area contributed by atoms with Gasteiger partial charge >= 0.3 is 18.1 Å². The van der Waals surface area contributed by atoms with Gasteiger partial charge in [0.05, 0.1) is 6.10 Å². The predicted octanol–water partition coefficient (Wildman–Crippen LogP) is 6.38. The van der Waals surface area contributed by atoms with Crippen LogP contribution in [0, 0.1) is 0 Å². The quantitative estimate of drug-likeness (QED) is 0.207. The summed E-state index contributed by atoms with van der Waals surface area (Å²) in [7, 11) is 0. The van der Waals surface area contributed by atoms with Gasteiger partial charge in [0.1, 0.15) is 5.25 Å². The lowest BCUT2D eigenvalue weighted by Gasteiger charge is -2.19. The van der Waals surface area contributed by atoms with Gasteiger partial charge in [-0.15, -0.1) is 11.8 Å². The molecule has 0 saturated carbocycles. The molecule has 0 spiro atoms. The lowest BCUT2D eigenvalue weighted by Crippen LogP contribution is -2.36. The van der Waals surface area contributed by atoms with Crippen LogP contribution in [0.2, 0.25) is 0 Å². The van der Waals surface area contributed by atoms with Crippen molar-refractivity contribution < 1.29 is 31.5 Å². The van der Waals surface area contributed by atoms with Gasteiger partial charge in [-0.25, -0.2) is 0 Å². The van der Waals surface area contributed by atoms with Gasteiger partial charge in [0.15, 0.2) is 0 Å². The predicted molar refractivity (Wildman–Crippen MR) is 91.1 cm³/mol. The van der Waals surface area contributed by atoms with Gasteiger partial charge in [0.25, 0.3) is 0 Å². The van der Waals surface area contributed by atoms with E-state index in [-0.39, 0.29) is 30.2 Å². The molecule has 0 amide bonds. The lowest BCUT2D eigenvalue weighted by atomic mass is 10.1. The van der Waals surface area contributed by atoms with Crippen molar-refractivity contribution in [1.82, 2.24) is 0 Å². The van der Waals surface area contributed by atoms with Gasteiger partial charge in [-0.2, -0.15) is 22.0 Å². The zero-order chi connectivity index (χ0) is 19.5. The maximum absolute atomic E-state index is 12.8. The Balaban J connectivity index is 4.14. The molecule has 1 atom stereocenters. The highest BCUT2D eigenvalue weighted by Crippen LogP contribution is 2.39. The van der Waals surface area contributed by atoms with Crippen LogP contribution in [0.3, 0.4) is 0 Å². The molecule has 0 fully saturated rings. The highest BCUT2D eigenvalue weighted by molar-refractivity contribution is 8.00. The summed E-state index contributed by atoms with van der Waals surface area (Å²) in [5.74, 6) is -4.36. The first kappa shape index (κ1) is 24.5. The summed E-state index contributed by atoms with van der Waals surface area (Å²) in [5.41, 5.74) is 0. The minimum Gasteiger partial charge on any atom is -0.462 e. The van der Waals surface area contributed by atoms with Crippen molar-refractivity contribution in [2.75, 3.05) is 5.75 Å². The van der Waals surface area contributed by atoms with Crippen molar-refractivity contribution in [1.29, 1.82) is 0 Å². The standard InChI is InChI=1S/C17H29F5O2S/c1-4-5-7-10-14(15(23)24-13(2)3)25-12-9-6-8-11-16(18,19)17(20,21)22/h13-14H,4-12H2,1-3H3. The summed E-state index contributed by atoms with van der Waals surface area (Å²) in [4.78, 5) is 12.0. The minimum atomic E-state index is -5.48. The van der Waals surface area contributed by atoms with E-state index in [9.17, 15) is 26.7 Å². The third-order valence-electron chi connectivity index (χ3n) is 3.55. The number of thioether (sulfide) groups is 1. The Morgan fingerprint density at radius 2 is 1.64 bits per heavy atom. The summed E-state index contributed by atoms with van der Waals surface area (Å²) in [6.45, 7) is 5.60. The molecule has 2 nitrogen and oxygen atoms in total. The molecule has 0 bridgehead atoms. The Hall–Kier alpha value is -0.530. The molecule has 0 radical (unpaired) electrons. The van der Waals surface area contributed by atoms with Crippen molar-refractivity contribution >= 4 is 17.7 Å². The van der Waals surface area contributed by atoms with Gasteiger partial charge in [-0.3, -0.25) is 4.79 Å². The maximum Gasteiger partial charge on any atom is 0.453 e. The molecule has 0 aromatic rings. The zero-order valence-corrected chi connectivity index (χ0v) is 15.9. The molecule has 0 N–H and O–H groups in total. The Kier molecular flexibility index (Phi) is 11.7. The van der Waals surface area contributed by atoms with E-state index < -0.39 is 18.5 Å². The molecule has 0 rings (SSSR count). The largest absolute Gasteiger partial charge is 0.462 e. The smallest absolute Gasteiger partial charge is 0.453 e. The van der Waals surface area contributed by atoms with E-state index in [2.05, 4.69) is 6.92 Å². The molecular formula is C17H29F5O2S.